The van der Waals surface area contributed by atoms with Gasteiger partial charge in [0.05, 0.1) is 11.4 Å². The van der Waals surface area contributed by atoms with Gasteiger partial charge in [0.1, 0.15) is 0 Å². The van der Waals surface area contributed by atoms with Gasteiger partial charge in [0.25, 0.3) is 5.91 Å². The molecule has 2 aromatic rings. The van der Waals surface area contributed by atoms with Crippen molar-refractivity contribution < 1.29 is 9.32 Å². The van der Waals surface area contributed by atoms with Gasteiger partial charge in [-0.15, -0.1) is 5.10 Å². The highest BCUT2D eigenvalue weighted by atomic mass is 16.5. The van der Waals surface area contributed by atoms with Crippen molar-refractivity contribution in [1.29, 1.82) is 0 Å². The van der Waals surface area contributed by atoms with Crippen molar-refractivity contribution in [3.8, 4) is 0 Å². The van der Waals surface area contributed by atoms with Crippen LogP contribution in [0.3, 0.4) is 0 Å². The highest BCUT2D eigenvalue weighted by Gasteiger charge is 2.30. The van der Waals surface area contributed by atoms with Crippen LogP contribution in [-0.2, 0) is 25.7 Å². The van der Waals surface area contributed by atoms with Gasteiger partial charge in [-0.3, -0.25) is 4.79 Å². The second-order valence-electron chi connectivity index (χ2n) is 7.65. The summed E-state index contributed by atoms with van der Waals surface area (Å²) in [5.41, 5.74) is 4.49. The molecule has 5 rings (SSSR count). The molecule has 1 fully saturated rings. The first kappa shape index (κ1) is 15.8. The predicted octanol–water partition coefficient (Wildman–Crippen LogP) is 1.70. The van der Waals surface area contributed by atoms with Crippen LogP contribution < -0.4 is 10.2 Å². The summed E-state index contributed by atoms with van der Waals surface area (Å²) in [6, 6.07) is 2.19. The van der Waals surface area contributed by atoms with Crippen LogP contribution in [0.25, 0.3) is 0 Å². The van der Waals surface area contributed by atoms with E-state index in [0.717, 1.165) is 74.4 Å². The fraction of sp³-hybridized carbons (Fsp3) is 0.579. The zero-order valence-electron chi connectivity index (χ0n) is 14.8. The summed E-state index contributed by atoms with van der Waals surface area (Å²) < 4.78 is 5.31. The monoisotopic (exact) mass is 353 g/mol. The maximum absolute atomic E-state index is 12.4. The third-order valence-corrected chi connectivity index (χ3v) is 5.81. The number of aryl methyl sites for hydroxylation is 3. The van der Waals surface area contributed by atoms with Gasteiger partial charge < -0.3 is 14.7 Å². The summed E-state index contributed by atoms with van der Waals surface area (Å²) in [5.74, 6) is 1.70. The maximum atomic E-state index is 12.4. The number of aromatic nitrogens is 3. The Balaban J connectivity index is 1.15. The van der Waals surface area contributed by atoms with Gasteiger partial charge in [-0.05, 0) is 56.6 Å². The second kappa shape index (κ2) is 6.37. The minimum atomic E-state index is -0.128. The molecule has 0 aromatic carbocycles. The Morgan fingerprint density at radius 3 is 2.88 bits per heavy atom. The predicted molar refractivity (Wildman–Crippen MR) is 95.2 cm³/mol. The number of carbonyl (C=O) groups is 1. The molecule has 0 saturated carbocycles. The zero-order valence-corrected chi connectivity index (χ0v) is 14.8. The molecular formula is C19H23N5O2. The summed E-state index contributed by atoms with van der Waals surface area (Å²) in [6.07, 6.45) is 7.42. The zero-order chi connectivity index (χ0) is 17.5. The van der Waals surface area contributed by atoms with E-state index < -0.39 is 0 Å². The fourth-order valence-electron chi connectivity index (χ4n) is 4.24. The van der Waals surface area contributed by atoms with Gasteiger partial charge in [-0.2, -0.15) is 5.10 Å². The molecule has 3 heterocycles. The topological polar surface area (TPSA) is 84.2 Å². The summed E-state index contributed by atoms with van der Waals surface area (Å²) in [4.78, 5) is 14.7. The first-order chi connectivity index (χ1) is 12.8. The number of rotatable bonds is 4. The van der Waals surface area contributed by atoms with Crippen LogP contribution in [0.5, 0.6) is 0 Å². The first-order valence-corrected chi connectivity index (χ1v) is 9.64. The van der Waals surface area contributed by atoms with Gasteiger partial charge in [0.15, 0.2) is 5.82 Å². The summed E-state index contributed by atoms with van der Waals surface area (Å²) in [6.45, 7) is 2.47. The van der Waals surface area contributed by atoms with Gasteiger partial charge in [0, 0.05) is 31.1 Å². The third kappa shape index (κ3) is 2.75. The Morgan fingerprint density at radius 1 is 1.12 bits per heavy atom. The number of hydrogen-bond donors (Lipinski definition) is 1. The van der Waals surface area contributed by atoms with Crippen LogP contribution in [0.15, 0.2) is 10.6 Å². The second-order valence-corrected chi connectivity index (χ2v) is 7.65. The Labute approximate surface area is 152 Å². The van der Waals surface area contributed by atoms with E-state index in [1.165, 1.54) is 12.0 Å². The molecule has 136 valence electrons. The van der Waals surface area contributed by atoms with Crippen LogP contribution in [0.2, 0.25) is 0 Å². The Bertz CT molecular complexity index is 840. The van der Waals surface area contributed by atoms with Gasteiger partial charge in [-0.1, -0.05) is 5.16 Å². The molecule has 1 N–H and O–H groups in total. The van der Waals surface area contributed by atoms with E-state index in [4.69, 9.17) is 4.52 Å². The summed E-state index contributed by atoms with van der Waals surface area (Å²) in [7, 11) is 0. The minimum Gasteiger partial charge on any atom is -0.354 e. The number of fused-ring (bicyclic) bond motifs is 2. The van der Waals surface area contributed by atoms with Crippen LogP contribution in [0, 0.1) is 5.92 Å². The molecule has 0 bridgehead atoms. The highest BCUT2D eigenvalue weighted by Crippen LogP contribution is 2.27. The van der Waals surface area contributed by atoms with Crippen molar-refractivity contribution in [2.24, 2.45) is 5.92 Å². The number of carbonyl (C=O) groups excluding carboxylic acids is 1. The molecule has 2 aliphatic carbocycles. The molecule has 1 amide bonds. The smallest absolute Gasteiger partial charge is 0.290 e. The van der Waals surface area contributed by atoms with Gasteiger partial charge in [-0.25, -0.2) is 0 Å². The van der Waals surface area contributed by atoms with Crippen molar-refractivity contribution in [2.75, 3.05) is 24.5 Å². The highest BCUT2D eigenvalue weighted by molar-refractivity contribution is 5.93. The van der Waals surface area contributed by atoms with E-state index in [9.17, 15) is 4.79 Å². The number of nitrogens with zero attached hydrogens (tertiary/aromatic N) is 4. The third-order valence-electron chi connectivity index (χ3n) is 5.81. The molecule has 1 saturated heterocycles. The molecule has 7 nitrogen and oxygen atoms in total. The lowest BCUT2D eigenvalue weighted by molar-refractivity contribution is 0.0906. The Kier molecular flexibility index (Phi) is 3.87. The van der Waals surface area contributed by atoms with E-state index >= 15 is 0 Å². The van der Waals surface area contributed by atoms with Crippen molar-refractivity contribution in [3.63, 3.8) is 0 Å². The van der Waals surface area contributed by atoms with Crippen molar-refractivity contribution >= 4 is 11.7 Å². The SMILES string of the molecule is O=C(NCC1CN(c2cc3c(nn2)CCC3)C1)c1onc2c1CCCC2. The largest absolute Gasteiger partial charge is 0.354 e. The average Bonchev–Trinajstić information content (AvgIpc) is 3.26. The van der Waals surface area contributed by atoms with Crippen LogP contribution >= 0.6 is 0 Å². The minimum absolute atomic E-state index is 0.128. The standard InChI is InChI=1S/C19H23N5O2/c25-19(18-14-5-1-2-6-16(14)23-26-18)20-9-12-10-24(11-12)17-8-13-4-3-7-15(13)21-22-17/h8,12H,1-7,9-11H2,(H,20,25). The number of nitrogens with one attached hydrogen (secondary N) is 1. The van der Waals surface area contributed by atoms with Gasteiger partial charge in [0.2, 0.25) is 5.76 Å². The van der Waals surface area contributed by atoms with Crippen molar-refractivity contribution in [3.05, 3.63) is 34.3 Å². The van der Waals surface area contributed by atoms with E-state index in [1.807, 2.05) is 0 Å². The van der Waals surface area contributed by atoms with E-state index in [0.29, 0.717) is 18.2 Å². The molecular weight excluding hydrogens is 330 g/mol. The van der Waals surface area contributed by atoms with Crippen molar-refractivity contribution in [2.45, 2.75) is 44.9 Å². The fourth-order valence-corrected chi connectivity index (χ4v) is 4.24. The first-order valence-electron chi connectivity index (χ1n) is 9.64. The normalized spacial score (nSPS) is 19.0. The molecule has 0 spiro atoms. The molecule has 0 atom stereocenters. The lowest BCUT2D eigenvalue weighted by Crippen LogP contribution is -2.52. The molecule has 7 heteroatoms. The lowest BCUT2D eigenvalue weighted by atomic mass is 9.95. The van der Waals surface area contributed by atoms with Crippen LogP contribution in [0.1, 0.15) is 52.3 Å². The van der Waals surface area contributed by atoms with E-state index in [1.54, 1.807) is 0 Å². The molecule has 0 radical (unpaired) electrons. The Morgan fingerprint density at radius 2 is 1.96 bits per heavy atom. The number of amides is 1. The average molecular weight is 353 g/mol. The van der Waals surface area contributed by atoms with E-state index in [-0.39, 0.29) is 5.91 Å². The molecule has 2 aromatic heterocycles. The molecule has 26 heavy (non-hydrogen) atoms. The molecule has 3 aliphatic rings. The Hall–Kier alpha value is -2.44. The molecule has 0 unspecified atom stereocenters. The molecule has 1 aliphatic heterocycles. The maximum Gasteiger partial charge on any atom is 0.290 e. The van der Waals surface area contributed by atoms with Crippen LogP contribution in [-0.4, -0.2) is 40.9 Å². The van der Waals surface area contributed by atoms with Gasteiger partial charge >= 0.3 is 0 Å². The quantitative estimate of drug-likeness (QED) is 0.901. The summed E-state index contributed by atoms with van der Waals surface area (Å²) >= 11 is 0. The van der Waals surface area contributed by atoms with E-state index in [2.05, 4.69) is 31.6 Å². The number of anilines is 1. The lowest BCUT2D eigenvalue weighted by Gasteiger charge is -2.40. The summed E-state index contributed by atoms with van der Waals surface area (Å²) in [5, 5.41) is 15.8. The van der Waals surface area contributed by atoms with Crippen LogP contribution in [0.4, 0.5) is 5.82 Å². The van der Waals surface area contributed by atoms with Crippen molar-refractivity contribution in [1.82, 2.24) is 20.7 Å². The number of hydrogen-bond acceptors (Lipinski definition) is 6.